The van der Waals surface area contributed by atoms with E-state index in [0.29, 0.717) is 26.4 Å². The van der Waals surface area contributed by atoms with E-state index in [2.05, 4.69) is 0 Å². The van der Waals surface area contributed by atoms with Crippen LogP contribution in [-0.4, -0.2) is 66.2 Å². The molecule has 0 saturated heterocycles. The van der Waals surface area contributed by atoms with Crippen LogP contribution in [-0.2, 0) is 38.0 Å². The Morgan fingerprint density at radius 2 is 1.31 bits per heavy atom. The summed E-state index contributed by atoms with van der Waals surface area (Å²) < 4.78 is 49.9. The fourth-order valence-electron chi connectivity index (χ4n) is 2.07. The van der Waals surface area contributed by atoms with Gasteiger partial charge in [0.2, 0.25) is 0 Å². The summed E-state index contributed by atoms with van der Waals surface area (Å²) in [7, 11) is -3.76. The van der Waals surface area contributed by atoms with Crippen LogP contribution in [0.2, 0.25) is 0 Å². The van der Waals surface area contributed by atoms with Crippen molar-refractivity contribution in [2.75, 3.05) is 46.2 Å². The van der Waals surface area contributed by atoms with E-state index in [4.69, 9.17) is 23.1 Å². The highest BCUT2D eigenvalue weighted by Gasteiger charge is 2.16. The zero-order valence-corrected chi connectivity index (χ0v) is 18.5. The standard InChI is InChI=1S/C20H32O8S/c1-17-5-7-18(8-6-17)29(22,23)27-16-15-26-14-13-25-12-11-24-10-9-19(21)28-20(2,3)4/h5-8H,9-16H2,1-4H3. The van der Waals surface area contributed by atoms with E-state index in [1.54, 1.807) is 12.1 Å². The van der Waals surface area contributed by atoms with Crippen LogP contribution in [0.4, 0.5) is 0 Å². The van der Waals surface area contributed by atoms with Crippen LogP contribution in [0.25, 0.3) is 0 Å². The summed E-state index contributed by atoms with van der Waals surface area (Å²) in [6, 6.07) is 6.45. The number of hydrogen-bond acceptors (Lipinski definition) is 8. The average Bonchev–Trinajstić information content (AvgIpc) is 2.61. The Morgan fingerprint density at radius 3 is 1.83 bits per heavy atom. The summed E-state index contributed by atoms with van der Waals surface area (Å²) in [5.41, 5.74) is 0.483. The van der Waals surface area contributed by atoms with Crippen LogP contribution in [0, 0.1) is 6.92 Å². The Morgan fingerprint density at radius 1 is 0.828 bits per heavy atom. The van der Waals surface area contributed by atoms with Gasteiger partial charge < -0.3 is 18.9 Å². The lowest BCUT2D eigenvalue weighted by Gasteiger charge is -2.19. The van der Waals surface area contributed by atoms with Gasteiger partial charge in [0.1, 0.15) is 5.60 Å². The highest BCUT2D eigenvalue weighted by Crippen LogP contribution is 2.13. The molecule has 0 aliphatic heterocycles. The minimum Gasteiger partial charge on any atom is -0.460 e. The third-order valence-electron chi connectivity index (χ3n) is 3.39. The molecule has 0 aromatic heterocycles. The van der Waals surface area contributed by atoms with Crippen LogP contribution in [0.5, 0.6) is 0 Å². The first-order valence-electron chi connectivity index (χ1n) is 9.51. The van der Waals surface area contributed by atoms with Gasteiger partial charge in [-0.25, -0.2) is 0 Å². The molecule has 1 aromatic rings. The summed E-state index contributed by atoms with van der Waals surface area (Å²) >= 11 is 0. The molecular formula is C20H32O8S. The first-order chi connectivity index (χ1) is 13.6. The van der Waals surface area contributed by atoms with Gasteiger partial charge in [0.15, 0.2) is 0 Å². The third kappa shape index (κ3) is 12.6. The molecule has 0 aliphatic rings. The Balaban J connectivity index is 1.96. The fourth-order valence-corrected chi connectivity index (χ4v) is 2.96. The van der Waals surface area contributed by atoms with Gasteiger partial charge in [-0.05, 0) is 39.8 Å². The van der Waals surface area contributed by atoms with Crippen molar-refractivity contribution in [2.45, 2.75) is 44.6 Å². The Kier molecular flexibility index (Phi) is 11.4. The molecule has 1 rings (SSSR count). The number of ether oxygens (including phenoxy) is 4. The summed E-state index contributed by atoms with van der Waals surface area (Å²) in [6.45, 7) is 9.07. The number of rotatable bonds is 14. The lowest BCUT2D eigenvalue weighted by Crippen LogP contribution is -2.24. The number of carbonyl (C=O) groups is 1. The van der Waals surface area contributed by atoms with Gasteiger partial charge in [-0.2, -0.15) is 8.42 Å². The number of aryl methyl sites for hydroxylation is 1. The van der Waals surface area contributed by atoms with Gasteiger partial charge in [0.05, 0.1) is 57.6 Å². The van der Waals surface area contributed by atoms with E-state index in [-0.39, 0.29) is 37.1 Å². The van der Waals surface area contributed by atoms with E-state index >= 15 is 0 Å². The van der Waals surface area contributed by atoms with Crippen molar-refractivity contribution in [3.05, 3.63) is 29.8 Å². The monoisotopic (exact) mass is 432 g/mol. The smallest absolute Gasteiger partial charge is 0.308 e. The normalized spacial score (nSPS) is 12.1. The van der Waals surface area contributed by atoms with E-state index < -0.39 is 15.7 Å². The molecular weight excluding hydrogens is 400 g/mol. The predicted molar refractivity (Wildman–Crippen MR) is 107 cm³/mol. The molecule has 29 heavy (non-hydrogen) atoms. The summed E-state index contributed by atoms with van der Waals surface area (Å²) in [4.78, 5) is 11.6. The quantitative estimate of drug-likeness (QED) is 0.251. The van der Waals surface area contributed by atoms with E-state index in [9.17, 15) is 13.2 Å². The molecule has 0 heterocycles. The zero-order chi connectivity index (χ0) is 21.8. The topological polar surface area (TPSA) is 97.4 Å². The SMILES string of the molecule is Cc1ccc(S(=O)(=O)OCCOCCOCCOCCC(=O)OC(C)(C)C)cc1. The van der Waals surface area contributed by atoms with Crippen LogP contribution >= 0.6 is 0 Å². The largest absolute Gasteiger partial charge is 0.460 e. The maximum absolute atomic E-state index is 12.0. The molecule has 9 heteroatoms. The van der Waals surface area contributed by atoms with Crippen LogP contribution < -0.4 is 0 Å². The van der Waals surface area contributed by atoms with Crippen molar-refractivity contribution >= 4 is 16.1 Å². The highest BCUT2D eigenvalue weighted by molar-refractivity contribution is 7.86. The summed E-state index contributed by atoms with van der Waals surface area (Å²) in [6.07, 6.45) is 0.200. The number of esters is 1. The molecule has 1 aromatic carbocycles. The van der Waals surface area contributed by atoms with Crippen LogP contribution in [0.3, 0.4) is 0 Å². The van der Waals surface area contributed by atoms with Gasteiger partial charge in [0, 0.05) is 0 Å². The van der Waals surface area contributed by atoms with Gasteiger partial charge in [0.25, 0.3) is 10.1 Å². The Hall–Kier alpha value is -1.52. The average molecular weight is 433 g/mol. The van der Waals surface area contributed by atoms with Crippen molar-refractivity contribution < 1.29 is 36.3 Å². The molecule has 0 amide bonds. The van der Waals surface area contributed by atoms with Crippen LogP contribution in [0.15, 0.2) is 29.2 Å². The predicted octanol–water partition coefficient (Wildman–Crippen LogP) is 2.48. The molecule has 0 saturated carbocycles. The summed E-state index contributed by atoms with van der Waals surface area (Å²) in [5, 5.41) is 0. The van der Waals surface area contributed by atoms with Gasteiger partial charge in [-0.1, -0.05) is 17.7 Å². The molecule has 0 unspecified atom stereocenters. The maximum Gasteiger partial charge on any atom is 0.308 e. The minimum atomic E-state index is -3.76. The molecule has 0 N–H and O–H groups in total. The zero-order valence-electron chi connectivity index (χ0n) is 17.6. The molecule has 166 valence electrons. The second-order valence-electron chi connectivity index (χ2n) is 7.26. The van der Waals surface area contributed by atoms with Crippen molar-refractivity contribution in [1.82, 2.24) is 0 Å². The first-order valence-corrected chi connectivity index (χ1v) is 10.9. The van der Waals surface area contributed by atoms with Gasteiger partial charge in [-0.3, -0.25) is 8.98 Å². The second-order valence-corrected chi connectivity index (χ2v) is 8.88. The third-order valence-corrected chi connectivity index (χ3v) is 4.72. The van der Waals surface area contributed by atoms with E-state index in [0.717, 1.165) is 5.56 Å². The van der Waals surface area contributed by atoms with Gasteiger partial charge >= 0.3 is 5.97 Å². The highest BCUT2D eigenvalue weighted by atomic mass is 32.2. The fraction of sp³-hybridized carbons (Fsp3) is 0.650. The van der Waals surface area contributed by atoms with E-state index in [1.807, 2.05) is 27.7 Å². The molecule has 0 fully saturated rings. The lowest BCUT2D eigenvalue weighted by molar-refractivity contribution is -0.156. The molecule has 8 nitrogen and oxygen atoms in total. The number of carbonyl (C=O) groups excluding carboxylic acids is 1. The van der Waals surface area contributed by atoms with Crippen molar-refractivity contribution in [1.29, 1.82) is 0 Å². The molecule has 0 spiro atoms. The Labute approximate surface area is 173 Å². The number of hydrogen-bond donors (Lipinski definition) is 0. The first kappa shape index (κ1) is 25.5. The van der Waals surface area contributed by atoms with E-state index in [1.165, 1.54) is 12.1 Å². The van der Waals surface area contributed by atoms with Gasteiger partial charge in [-0.15, -0.1) is 0 Å². The maximum atomic E-state index is 12.0. The van der Waals surface area contributed by atoms with Crippen molar-refractivity contribution in [3.8, 4) is 0 Å². The lowest BCUT2D eigenvalue weighted by atomic mass is 10.2. The van der Waals surface area contributed by atoms with Crippen molar-refractivity contribution in [3.63, 3.8) is 0 Å². The Bertz CT molecular complexity index is 692. The molecule has 0 bridgehead atoms. The molecule has 0 atom stereocenters. The second kappa shape index (κ2) is 12.9. The molecule has 0 radical (unpaired) electrons. The summed E-state index contributed by atoms with van der Waals surface area (Å²) in [5.74, 6) is -0.293. The van der Waals surface area contributed by atoms with Crippen LogP contribution in [0.1, 0.15) is 32.8 Å². The van der Waals surface area contributed by atoms with Crippen molar-refractivity contribution in [2.24, 2.45) is 0 Å². The minimum absolute atomic E-state index is 0.0655. The molecule has 0 aliphatic carbocycles. The number of benzene rings is 1.